The second kappa shape index (κ2) is 4.80. The van der Waals surface area contributed by atoms with Crippen molar-refractivity contribution in [2.75, 3.05) is 6.54 Å². The predicted molar refractivity (Wildman–Crippen MR) is 65.2 cm³/mol. The molecule has 1 aromatic heterocycles. The smallest absolute Gasteiger partial charge is 0.244 e. The normalized spacial score (nSPS) is 18.3. The van der Waals surface area contributed by atoms with Crippen LogP contribution in [0.2, 0.25) is 0 Å². The molecule has 2 N–H and O–H groups in total. The standard InChI is InChI=1S/C12H15NO2S/c14-11(5-4-10-3-1-8-16-10)13-9-12(15)6-2-7-12/h1,3-5,8,15H,2,6-7,9H2,(H,13,14). The van der Waals surface area contributed by atoms with Crippen molar-refractivity contribution in [2.45, 2.75) is 24.9 Å². The van der Waals surface area contributed by atoms with Gasteiger partial charge in [-0.1, -0.05) is 6.07 Å². The Bertz CT molecular complexity index is 380. The van der Waals surface area contributed by atoms with Gasteiger partial charge >= 0.3 is 0 Å². The number of nitrogens with one attached hydrogen (secondary N) is 1. The van der Waals surface area contributed by atoms with Crippen LogP contribution < -0.4 is 5.32 Å². The number of rotatable bonds is 4. The molecule has 1 aromatic rings. The lowest BCUT2D eigenvalue weighted by Gasteiger charge is -2.36. The largest absolute Gasteiger partial charge is 0.388 e. The van der Waals surface area contributed by atoms with Gasteiger partial charge < -0.3 is 10.4 Å². The molecule has 0 aliphatic heterocycles. The summed E-state index contributed by atoms with van der Waals surface area (Å²) >= 11 is 1.59. The lowest BCUT2D eigenvalue weighted by molar-refractivity contribution is -0.118. The van der Waals surface area contributed by atoms with E-state index in [4.69, 9.17) is 0 Å². The van der Waals surface area contributed by atoms with Gasteiger partial charge in [0.05, 0.1) is 5.60 Å². The van der Waals surface area contributed by atoms with Crippen LogP contribution in [0.25, 0.3) is 6.08 Å². The molecule has 0 saturated heterocycles. The van der Waals surface area contributed by atoms with Crippen LogP contribution in [0, 0.1) is 0 Å². The van der Waals surface area contributed by atoms with Gasteiger partial charge in [0, 0.05) is 17.5 Å². The second-order valence-electron chi connectivity index (χ2n) is 4.14. The average molecular weight is 237 g/mol. The molecule has 1 heterocycles. The Balaban J connectivity index is 1.76. The number of hydrogen-bond donors (Lipinski definition) is 2. The molecule has 1 aliphatic rings. The Morgan fingerprint density at radius 3 is 3.00 bits per heavy atom. The van der Waals surface area contributed by atoms with Gasteiger partial charge in [0.1, 0.15) is 0 Å². The zero-order valence-corrected chi connectivity index (χ0v) is 9.80. The van der Waals surface area contributed by atoms with E-state index in [1.54, 1.807) is 17.4 Å². The van der Waals surface area contributed by atoms with Crippen LogP contribution in [0.5, 0.6) is 0 Å². The van der Waals surface area contributed by atoms with E-state index in [2.05, 4.69) is 5.32 Å². The van der Waals surface area contributed by atoms with Gasteiger partial charge in [0.15, 0.2) is 0 Å². The first-order chi connectivity index (χ1) is 7.68. The molecule has 1 saturated carbocycles. The number of hydrogen-bond acceptors (Lipinski definition) is 3. The Morgan fingerprint density at radius 1 is 1.62 bits per heavy atom. The molecule has 0 unspecified atom stereocenters. The molecule has 3 nitrogen and oxygen atoms in total. The zero-order valence-electron chi connectivity index (χ0n) is 8.98. The van der Waals surface area contributed by atoms with Crippen molar-refractivity contribution < 1.29 is 9.90 Å². The summed E-state index contributed by atoms with van der Waals surface area (Å²) in [5.74, 6) is -0.145. The van der Waals surface area contributed by atoms with Crippen LogP contribution in [0.3, 0.4) is 0 Å². The highest BCUT2D eigenvalue weighted by Crippen LogP contribution is 2.30. The summed E-state index contributed by atoms with van der Waals surface area (Å²) < 4.78 is 0. The summed E-state index contributed by atoms with van der Waals surface area (Å²) in [5.41, 5.74) is -0.646. The predicted octanol–water partition coefficient (Wildman–Crippen LogP) is 1.79. The topological polar surface area (TPSA) is 49.3 Å². The first-order valence-electron chi connectivity index (χ1n) is 5.40. The first-order valence-corrected chi connectivity index (χ1v) is 6.28. The van der Waals surface area contributed by atoms with E-state index >= 15 is 0 Å². The van der Waals surface area contributed by atoms with Crippen molar-refractivity contribution in [3.05, 3.63) is 28.5 Å². The molecule has 0 radical (unpaired) electrons. The highest BCUT2D eigenvalue weighted by atomic mass is 32.1. The molecule has 2 rings (SSSR count). The number of carbonyl (C=O) groups excluding carboxylic acids is 1. The summed E-state index contributed by atoms with van der Waals surface area (Å²) in [6.07, 6.45) is 5.93. The van der Waals surface area contributed by atoms with Crippen LogP contribution in [0.15, 0.2) is 23.6 Å². The minimum absolute atomic E-state index is 0.145. The van der Waals surface area contributed by atoms with Gasteiger partial charge in [-0.25, -0.2) is 0 Å². The average Bonchev–Trinajstić information content (AvgIpc) is 2.73. The van der Waals surface area contributed by atoms with E-state index in [-0.39, 0.29) is 5.91 Å². The maximum Gasteiger partial charge on any atom is 0.244 e. The van der Waals surface area contributed by atoms with Crippen molar-refractivity contribution in [3.8, 4) is 0 Å². The fourth-order valence-electron chi connectivity index (χ4n) is 1.62. The third-order valence-electron chi connectivity index (χ3n) is 2.82. The van der Waals surface area contributed by atoms with Crippen molar-refractivity contribution in [2.24, 2.45) is 0 Å². The van der Waals surface area contributed by atoms with Gasteiger partial charge in [0.2, 0.25) is 5.91 Å². The van der Waals surface area contributed by atoms with Gasteiger partial charge in [0.25, 0.3) is 0 Å². The minimum Gasteiger partial charge on any atom is -0.388 e. The van der Waals surface area contributed by atoms with Crippen LogP contribution in [-0.2, 0) is 4.79 Å². The molecule has 4 heteroatoms. The highest BCUT2D eigenvalue weighted by Gasteiger charge is 2.34. The molecule has 0 atom stereocenters. The Kier molecular flexibility index (Phi) is 3.41. The summed E-state index contributed by atoms with van der Waals surface area (Å²) in [7, 11) is 0. The first kappa shape index (κ1) is 11.4. The molecule has 1 fully saturated rings. The molecule has 0 spiro atoms. The fourth-order valence-corrected chi connectivity index (χ4v) is 2.23. The Labute approximate surface area is 98.8 Å². The number of carbonyl (C=O) groups is 1. The van der Waals surface area contributed by atoms with E-state index in [9.17, 15) is 9.90 Å². The molecule has 1 aliphatic carbocycles. The monoisotopic (exact) mass is 237 g/mol. The lowest BCUT2D eigenvalue weighted by atomic mass is 9.80. The zero-order chi connectivity index (χ0) is 11.4. The quantitative estimate of drug-likeness (QED) is 0.784. The lowest BCUT2D eigenvalue weighted by Crippen LogP contribution is -2.47. The third kappa shape index (κ3) is 2.93. The fraction of sp³-hybridized carbons (Fsp3) is 0.417. The van der Waals surface area contributed by atoms with Gasteiger partial charge in [-0.3, -0.25) is 4.79 Å². The van der Waals surface area contributed by atoms with E-state index < -0.39 is 5.60 Å². The molecular formula is C12H15NO2S. The summed E-state index contributed by atoms with van der Waals surface area (Å²) in [5, 5.41) is 14.5. The van der Waals surface area contributed by atoms with Crippen molar-refractivity contribution in [3.63, 3.8) is 0 Å². The number of thiophene rings is 1. The SMILES string of the molecule is O=C(C=Cc1cccs1)NCC1(O)CCC1. The summed E-state index contributed by atoms with van der Waals surface area (Å²) in [6.45, 7) is 0.362. The summed E-state index contributed by atoms with van der Waals surface area (Å²) in [4.78, 5) is 12.5. The van der Waals surface area contributed by atoms with Gasteiger partial charge in [-0.2, -0.15) is 0 Å². The van der Waals surface area contributed by atoms with Crippen LogP contribution in [-0.4, -0.2) is 23.2 Å². The van der Waals surface area contributed by atoms with Gasteiger partial charge in [-0.05, 0) is 36.8 Å². The van der Waals surface area contributed by atoms with Crippen LogP contribution in [0.4, 0.5) is 0 Å². The molecule has 16 heavy (non-hydrogen) atoms. The third-order valence-corrected chi connectivity index (χ3v) is 3.66. The van der Waals surface area contributed by atoms with E-state index in [0.29, 0.717) is 6.54 Å². The van der Waals surface area contributed by atoms with Crippen molar-refractivity contribution in [1.29, 1.82) is 0 Å². The van der Waals surface area contributed by atoms with Gasteiger partial charge in [-0.15, -0.1) is 11.3 Å². The maximum atomic E-state index is 11.4. The molecule has 86 valence electrons. The summed E-state index contributed by atoms with van der Waals surface area (Å²) in [6, 6.07) is 3.90. The second-order valence-corrected chi connectivity index (χ2v) is 5.12. The number of amides is 1. The number of aliphatic hydroxyl groups is 1. The molecule has 0 bridgehead atoms. The van der Waals surface area contributed by atoms with Crippen molar-refractivity contribution >= 4 is 23.3 Å². The van der Waals surface area contributed by atoms with E-state index in [0.717, 1.165) is 24.1 Å². The highest BCUT2D eigenvalue weighted by molar-refractivity contribution is 7.10. The maximum absolute atomic E-state index is 11.4. The van der Waals surface area contributed by atoms with Crippen LogP contribution >= 0.6 is 11.3 Å². The van der Waals surface area contributed by atoms with E-state index in [1.807, 2.05) is 17.5 Å². The molecule has 0 aromatic carbocycles. The van der Waals surface area contributed by atoms with Crippen molar-refractivity contribution in [1.82, 2.24) is 5.32 Å². The Morgan fingerprint density at radius 2 is 2.44 bits per heavy atom. The Hall–Kier alpha value is -1.13. The van der Waals surface area contributed by atoms with E-state index in [1.165, 1.54) is 6.08 Å². The molecule has 1 amide bonds. The van der Waals surface area contributed by atoms with Crippen LogP contribution in [0.1, 0.15) is 24.1 Å². The molecular weight excluding hydrogens is 222 g/mol. The minimum atomic E-state index is -0.646.